The van der Waals surface area contributed by atoms with Crippen molar-refractivity contribution in [2.24, 2.45) is 0 Å². The maximum Gasteiger partial charge on any atom is 0.150 e. The molecule has 0 unspecified atom stereocenters. The van der Waals surface area contributed by atoms with Crippen LogP contribution in [0.4, 0.5) is 5.69 Å². The zero-order valence-corrected chi connectivity index (χ0v) is 11.7. The third-order valence-corrected chi connectivity index (χ3v) is 3.33. The third-order valence-electron chi connectivity index (χ3n) is 2.80. The zero-order chi connectivity index (χ0) is 13.0. The Balaban J connectivity index is 2.08. The fourth-order valence-electron chi connectivity index (χ4n) is 1.76. The summed E-state index contributed by atoms with van der Waals surface area (Å²) in [6.45, 7) is 0.841. The molecule has 0 spiro atoms. The average molecular weight is 304 g/mol. The van der Waals surface area contributed by atoms with Gasteiger partial charge < -0.3 is 4.90 Å². The van der Waals surface area contributed by atoms with Crippen molar-refractivity contribution in [2.45, 2.75) is 6.54 Å². The summed E-state index contributed by atoms with van der Waals surface area (Å²) in [5.74, 6) is 0. The van der Waals surface area contributed by atoms with Gasteiger partial charge in [0, 0.05) is 29.3 Å². The van der Waals surface area contributed by atoms with Crippen LogP contribution < -0.4 is 4.90 Å². The van der Waals surface area contributed by atoms with E-state index in [0.717, 1.165) is 23.0 Å². The van der Waals surface area contributed by atoms with Gasteiger partial charge in [0.2, 0.25) is 0 Å². The summed E-state index contributed by atoms with van der Waals surface area (Å²) in [7, 11) is 2.04. The molecule has 3 heteroatoms. The molecule has 0 bridgehead atoms. The number of rotatable bonds is 4. The molecule has 0 heterocycles. The molecule has 0 fully saturated rings. The summed E-state index contributed by atoms with van der Waals surface area (Å²) in [6.07, 6.45) is 0.860. The Kier molecular flexibility index (Phi) is 4.15. The molecule has 2 aromatic rings. The molecule has 2 aromatic carbocycles. The highest BCUT2D eigenvalue weighted by molar-refractivity contribution is 9.10. The fraction of sp³-hybridized carbons (Fsp3) is 0.133. The highest BCUT2D eigenvalue weighted by Crippen LogP contribution is 2.17. The van der Waals surface area contributed by atoms with Gasteiger partial charge in [0.25, 0.3) is 0 Å². The van der Waals surface area contributed by atoms with Crippen molar-refractivity contribution in [3.63, 3.8) is 0 Å². The van der Waals surface area contributed by atoms with Gasteiger partial charge in [-0.15, -0.1) is 0 Å². The lowest BCUT2D eigenvalue weighted by Gasteiger charge is -2.19. The van der Waals surface area contributed by atoms with Crippen LogP contribution in [0.5, 0.6) is 0 Å². The van der Waals surface area contributed by atoms with E-state index in [1.807, 2.05) is 43.4 Å². The van der Waals surface area contributed by atoms with Gasteiger partial charge >= 0.3 is 0 Å². The molecular formula is C15H14BrNO. The molecule has 0 amide bonds. The summed E-state index contributed by atoms with van der Waals surface area (Å²) < 4.78 is 1.09. The van der Waals surface area contributed by atoms with E-state index in [1.165, 1.54) is 5.56 Å². The first-order chi connectivity index (χ1) is 8.69. The zero-order valence-electron chi connectivity index (χ0n) is 10.1. The number of hydrogen-bond donors (Lipinski definition) is 0. The predicted molar refractivity (Wildman–Crippen MR) is 78.1 cm³/mol. The predicted octanol–water partition coefficient (Wildman–Crippen LogP) is 3.90. The number of benzene rings is 2. The summed E-state index contributed by atoms with van der Waals surface area (Å²) in [4.78, 5) is 12.7. The van der Waals surface area contributed by atoms with E-state index in [4.69, 9.17) is 0 Å². The maximum absolute atomic E-state index is 10.6. The smallest absolute Gasteiger partial charge is 0.150 e. The highest BCUT2D eigenvalue weighted by Gasteiger charge is 2.02. The van der Waals surface area contributed by atoms with Crippen molar-refractivity contribution in [1.82, 2.24) is 0 Å². The van der Waals surface area contributed by atoms with E-state index in [0.29, 0.717) is 5.56 Å². The van der Waals surface area contributed by atoms with Crippen molar-refractivity contribution in [3.8, 4) is 0 Å². The van der Waals surface area contributed by atoms with E-state index < -0.39 is 0 Å². The van der Waals surface area contributed by atoms with Gasteiger partial charge in [-0.2, -0.15) is 0 Å². The lowest BCUT2D eigenvalue weighted by molar-refractivity contribution is 0.112. The average Bonchev–Trinajstić information content (AvgIpc) is 2.41. The normalized spacial score (nSPS) is 10.1. The van der Waals surface area contributed by atoms with Crippen molar-refractivity contribution < 1.29 is 4.79 Å². The minimum atomic E-state index is 0.704. The standard InChI is InChI=1S/C15H14BrNO/c1-17(10-12-2-6-14(16)7-3-12)15-8-4-13(11-18)5-9-15/h2-9,11H,10H2,1H3. The number of carbonyl (C=O) groups is 1. The van der Waals surface area contributed by atoms with Crippen LogP contribution in [0.2, 0.25) is 0 Å². The van der Waals surface area contributed by atoms with Crippen molar-refractivity contribution in [1.29, 1.82) is 0 Å². The number of carbonyl (C=O) groups excluding carboxylic acids is 1. The minimum absolute atomic E-state index is 0.704. The Morgan fingerprint density at radius 1 is 1.06 bits per heavy atom. The van der Waals surface area contributed by atoms with E-state index in [-0.39, 0.29) is 0 Å². The van der Waals surface area contributed by atoms with E-state index in [9.17, 15) is 4.79 Å². The second-order valence-electron chi connectivity index (χ2n) is 4.19. The molecule has 18 heavy (non-hydrogen) atoms. The molecular weight excluding hydrogens is 290 g/mol. The minimum Gasteiger partial charge on any atom is -0.370 e. The highest BCUT2D eigenvalue weighted by atomic mass is 79.9. The SMILES string of the molecule is CN(Cc1ccc(Br)cc1)c1ccc(C=O)cc1. The summed E-state index contributed by atoms with van der Waals surface area (Å²) >= 11 is 3.43. The first-order valence-electron chi connectivity index (χ1n) is 5.70. The topological polar surface area (TPSA) is 20.3 Å². The Labute approximate surface area is 115 Å². The van der Waals surface area contributed by atoms with Crippen molar-refractivity contribution >= 4 is 27.9 Å². The van der Waals surface area contributed by atoms with Gasteiger partial charge in [0.1, 0.15) is 6.29 Å². The van der Waals surface area contributed by atoms with Gasteiger partial charge in [-0.3, -0.25) is 4.79 Å². The van der Waals surface area contributed by atoms with E-state index in [1.54, 1.807) is 0 Å². The molecule has 0 atom stereocenters. The van der Waals surface area contributed by atoms with Gasteiger partial charge in [0.05, 0.1) is 0 Å². The summed E-state index contributed by atoms with van der Waals surface area (Å²) in [6, 6.07) is 15.9. The summed E-state index contributed by atoms with van der Waals surface area (Å²) in [5.41, 5.74) is 3.06. The van der Waals surface area contributed by atoms with Crippen LogP contribution in [0.1, 0.15) is 15.9 Å². The lowest BCUT2D eigenvalue weighted by Crippen LogP contribution is -2.16. The van der Waals surface area contributed by atoms with E-state index in [2.05, 4.69) is 33.0 Å². The van der Waals surface area contributed by atoms with Crippen LogP contribution in [0.15, 0.2) is 53.0 Å². The molecule has 0 aliphatic heterocycles. The quantitative estimate of drug-likeness (QED) is 0.799. The van der Waals surface area contributed by atoms with Gasteiger partial charge in [0.15, 0.2) is 0 Å². The van der Waals surface area contributed by atoms with Crippen LogP contribution in [0.25, 0.3) is 0 Å². The number of aldehydes is 1. The largest absolute Gasteiger partial charge is 0.370 e. The monoisotopic (exact) mass is 303 g/mol. The molecule has 0 radical (unpaired) electrons. The molecule has 0 aliphatic carbocycles. The number of halogens is 1. The second-order valence-corrected chi connectivity index (χ2v) is 5.11. The van der Waals surface area contributed by atoms with Crippen LogP contribution in [0, 0.1) is 0 Å². The Hall–Kier alpha value is -1.61. The first-order valence-corrected chi connectivity index (χ1v) is 6.49. The number of nitrogens with zero attached hydrogens (tertiary/aromatic N) is 1. The van der Waals surface area contributed by atoms with Gasteiger partial charge in [-0.25, -0.2) is 0 Å². The number of anilines is 1. The van der Waals surface area contributed by atoms with E-state index >= 15 is 0 Å². The van der Waals surface area contributed by atoms with Crippen LogP contribution in [-0.2, 0) is 6.54 Å². The molecule has 92 valence electrons. The molecule has 0 aliphatic rings. The van der Waals surface area contributed by atoms with Crippen LogP contribution in [-0.4, -0.2) is 13.3 Å². The molecule has 2 nitrogen and oxygen atoms in total. The van der Waals surface area contributed by atoms with Crippen molar-refractivity contribution in [2.75, 3.05) is 11.9 Å². The number of hydrogen-bond acceptors (Lipinski definition) is 2. The first kappa shape index (κ1) is 12.8. The Morgan fingerprint density at radius 2 is 1.67 bits per heavy atom. The molecule has 0 saturated carbocycles. The second kappa shape index (κ2) is 5.83. The molecule has 0 aromatic heterocycles. The maximum atomic E-state index is 10.6. The molecule has 0 saturated heterocycles. The fourth-order valence-corrected chi connectivity index (χ4v) is 2.03. The molecule has 2 rings (SSSR count). The van der Waals surface area contributed by atoms with Gasteiger partial charge in [-0.1, -0.05) is 28.1 Å². The van der Waals surface area contributed by atoms with Crippen molar-refractivity contribution in [3.05, 3.63) is 64.1 Å². The third kappa shape index (κ3) is 3.20. The Morgan fingerprint density at radius 3 is 2.22 bits per heavy atom. The molecule has 0 N–H and O–H groups in total. The summed E-state index contributed by atoms with van der Waals surface area (Å²) in [5, 5.41) is 0. The Bertz CT molecular complexity index is 519. The van der Waals surface area contributed by atoms with Crippen LogP contribution >= 0.6 is 15.9 Å². The van der Waals surface area contributed by atoms with Gasteiger partial charge in [-0.05, 0) is 42.0 Å². The van der Waals surface area contributed by atoms with Crippen LogP contribution in [0.3, 0.4) is 0 Å². The lowest BCUT2D eigenvalue weighted by atomic mass is 10.2.